The average molecular weight is 622 g/mol. The summed E-state index contributed by atoms with van der Waals surface area (Å²) in [6, 6.07) is 31.5. The van der Waals surface area contributed by atoms with Crippen molar-refractivity contribution >= 4 is 28.7 Å². The van der Waals surface area contributed by atoms with E-state index in [1.54, 1.807) is 11.8 Å². The molecule has 1 aliphatic rings. The first-order chi connectivity index (χ1) is 22.1. The van der Waals surface area contributed by atoms with E-state index in [1.165, 1.54) is 6.20 Å². The van der Waals surface area contributed by atoms with Crippen molar-refractivity contribution in [1.29, 1.82) is 0 Å². The van der Waals surface area contributed by atoms with Gasteiger partial charge in [0.25, 0.3) is 5.91 Å². The van der Waals surface area contributed by atoms with Crippen molar-refractivity contribution in [3.8, 4) is 11.1 Å². The highest BCUT2D eigenvalue weighted by atomic mass is 32.2. The Balaban J connectivity index is 1.17. The number of ether oxygens (including phenoxy) is 2. The van der Waals surface area contributed by atoms with E-state index in [0.29, 0.717) is 24.2 Å². The lowest BCUT2D eigenvalue weighted by Gasteiger charge is -2.36. The fourth-order valence-corrected chi connectivity index (χ4v) is 6.14. The molecular formula is C36H35N3O5S. The molecule has 1 aliphatic heterocycles. The third kappa shape index (κ3) is 7.76. The molecule has 3 N–H and O–H groups in total. The maximum absolute atomic E-state index is 12.8. The number of amides is 1. The fourth-order valence-electron chi connectivity index (χ4n) is 5.37. The standard InChI is InChI=1S/C36H35N3O5S/c40-15-16-45-23-30-19-34(26-13-11-24(22-41)12-14-26)44-36(43-30)29-8-4-7-28(18-29)27-6-3-5-25(17-27)20-38-35(42)33-21-37-31-9-1-2-10-32(31)39-33/h1-14,17-18,21,30,34,36,40-41H,15-16,19-20,22-23H2,(H,38,42). The van der Waals surface area contributed by atoms with Crippen molar-refractivity contribution in [2.24, 2.45) is 0 Å². The second kappa shape index (κ2) is 14.8. The number of para-hydroxylation sites is 2. The molecule has 0 radical (unpaired) electrons. The van der Waals surface area contributed by atoms with Crippen molar-refractivity contribution in [3.63, 3.8) is 0 Å². The molecule has 0 spiro atoms. The van der Waals surface area contributed by atoms with Crippen molar-refractivity contribution < 1.29 is 24.5 Å². The highest BCUT2D eigenvalue weighted by molar-refractivity contribution is 7.99. The second-order valence-corrected chi connectivity index (χ2v) is 12.1. The molecular weight excluding hydrogens is 586 g/mol. The van der Waals surface area contributed by atoms with Crippen LogP contribution in [-0.2, 0) is 22.6 Å². The maximum atomic E-state index is 12.8. The number of carbonyl (C=O) groups excluding carboxylic acids is 1. The summed E-state index contributed by atoms with van der Waals surface area (Å²) in [7, 11) is 0. The number of nitrogens with zero attached hydrogens (tertiary/aromatic N) is 2. The third-order valence-electron chi connectivity index (χ3n) is 7.71. The minimum absolute atomic E-state index is 0.00251. The summed E-state index contributed by atoms with van der Waals surface area (Å²) in [6.07, 6.45) is 1.42. The summed E-state index contributed by atoms with van der Waals surface area (Å²) in [6.45, 7) is 0.475. The molecule has 45 heavy (non-hydrogen) atoms. The van der Waals surface area contributed by atoms with Crippen molar-refractivity contribution in [3.05, 3.63) is 131 Å². The number of benzene rings is 4. The van der Waals surface area contributed by atoms with Crippen LogP contribution in [0.2, 0.25) is 0 Å². The van der Waals surface area contributed by atoms with Gasteiger partial charge in [0.05, 0.1) is 42.7 Å². The van der Waals surface area contributed by atoms with E-state index in [-0.39, 0.29) is 37.0 Å². The van der Waals surface area contributed by atoms with Crippen LogP contribution in [-0.4, -0.2) is 50.3 Å². The molecule has 6 rings (SSSR count). The topological polar surface area (TPSA) is 114 Å². The predicted molar refractivity (Wildman–Crippen MR) is 175 cm³/mol. The minimum Gasteiger partial charge on any atom is -0.396 e. The van der Waals surface area contributed by atoms with Gasteiger partial charge in [-0.3, -0.25) is 9.78 Å². The fraction of sp³-hybridized carbons (Fsp3) is 0.250. The SMILES string of the molecule is O=C(NCc1cccc(-c2cccc(C3OC(CSCCO)CC(c4ccc(CO)cc4)O3)c2)c1)c1cnc2ccccc2n1. The molecule has 4 aromatic carbocycles. The van der Waals surface area contributed by atoms with E-state index < -0.39 is 6.29 Å². The zero-order chi connectivity index (χ0) is 31.0. The lowest BCUT2D eigenvalue weighted by atomic mass is 9.99. The first kappa shape index (κ1) is 30.9. The van der Waals surface area contributed by atoms with Gasteiger partial charge < -0.3 is 25.0 Å². The molecule has 0 saturated carbocycles. The Kier molecular flexibility index (Phi) is 10.1. The number of aliphatic hydroxyl groups is 2. The molecule has 0 bridgehead atoms. The zero-order valence-corrected chi connectivity index (χ0v) is 25.5. The molecule has 1 fully saturated rings. The van der Waals surface area contributed by atoms with Crippen LogP contribution in [0.1, 0.15) is 51.6 Å². The van der Waals surface area contributed by atoms with E-state index in [0.717, 1.165) is 44.7 Å². The van der Waals surface area contributed by atoms with Crippen molar-refractivity contribution in [1.82, 2.24) is 15.3 Å². The molecule has 230 valence electrons. The number of fused-ring (bicyclic) bond motifs is 1. The van der Waals surface area contributed by atoms with Crippen LogP contribution in [0, 0.1) is 0 Å². The van der Waals surface area contributed by atoms with Crippen LogP contribution in [0.15, 0.2) is 103 Å². The van der Waals surface area contributed by atoms with E-state index in [9.17, 15) is 15.0 Å². The van der Waals surface area contributed by atoms with Crippen LogP contribution < -0.4 is 5.32 Å². The van der Waals surface area contributed by atoms with Gasteiger partial charge in [0.15, 0.2) is 6.29 Å². The van der Waals surface area contributed by atoms with Gasteiger partial charge in [-0.2, -0.15) is 11.8 Å². The second-order valence-electron chi connectivity index (χ2n) is 10.9. The Morgan fingerprint density at radius 3 is 2.42 bits per heavy atom. The Labute approximate surface area is 266 Å². The quantitative estimate of drug-likeness (QED) is 0.154. The first-order valence-electron chi connectivity index (χ1n) is 15.0. The molecule has 0 aliphatic carbocycles. The van der Waals surface area contributed by atoms with Crippen LogP contribution in [0.5, 0.6) is 0 Å². The van der Waals surface area contributed by atoms with E-state index >= 15 is 0 Å². The van der Waals surface area contributed by atoms with Gasteiger partial charge in [0.1, 0.15) is 5.69 Å². The Bertz CT molecular complexity index is 1750. The summed E-state index contributed by atoms with van der Waals surface area (Å²) in [4.78, 5) is 21.6. The first-order valence-corrected chi connectivity index (χ1v) is 16.1. The molecule has 3 atom stereocenters. The molecule has 3 unspecified atom stereocenters. The maximum Gasteiger partial charge on any atom is 0.271 e. The molecule has 9 heteroatoms. The van der Waals surface area contributed by atoms with Crippen LogP contribution in [0.3, 0.4) is 0 Å². The van der Waals surface area contributed by atoms with Gasteiger partial charge >= 0.3 is 0 Å². The Hall–Kier alpha value is -4.12. The normalized spacial score (nSPS) is 18.1. The highest BCUT2D eigenvalue weighted by Crippen LogP contribution is 2.39. The van der Waals surface area contributed by atoms with E-state index in [1.807, 2.05) is 84.9 Å². The van der Waals surface area contributed by atoms with Gasteiger partial charge in [-0.25, -0.2) is 4.98 Å². The number of nitrogens with one attached hydrogen (secondary N) is 1. The molecule has 2 heterocycles. The number of hydrogen-bond donors (Lipinski definition) is 3. The minimum atomic E-state index is -0.563. The molecule has 8 nitrogen and oxygen atoms in total. The van der Waals surface area contributed by atoms with Gasteiger partial charge in [-0.15, -0.1) is 0 Å². The predicted octanol–water partition coefficient (Wildman–Crippen LogP) is 5.99. The largest absolute Gasteiger partial charge is 0.396 e. The number of aliphatic hydroxyl groups excluding tert-OH is 2. The molecule has 1 saturated heterocycles. The monoisotopic (exact) mass is 621 g/mol. The smallest absolute Gasteiger partial charge is 0.271 e. The summed E-state index contributed by atoms with van der Waals surface area (Å²) in [5, 5.41) is 21.7. The van der Waals surface area contributed by atoms with Crippen LogP contribution in [0.25, 0.3) is 22.2 Å². The summed E-state index contributed by atoms with van der Waals surface area (Å²) < 4.78 is 13.0. The average Bonchev–Trinajstić information content (AvgIpc) is 3.10. The van der Waals surface area contributed by atoms with Crippen molar-refractivity contribution in [2.75, 3.05) is 18.1 Å². The van der Waals surface area contributed by atoms with Gasteiger partial charge in [-0.1, -0.05) is 72.8 Å². The third-order valence-corrected chi connectivity index (χ3v) is 8.79. The lowest BCUT2D eigenvalue weighted by molar-refractivity contribution is -0.245. The van der Waals surface area contributed by atoms with Crippen LogP contribution >= 0.6 is 11.8 Å². The lowest BCUT2D eigenvalue weighted by Crippen LogP contribution is -2.31. The van der Waals surface area contributed by atoms with E-state index in [2.05, 4.69) is 27.4 Å². The zero-order valence-electron chi connectivity index (χ0n) is 24.7. The van der Waals surface area contributed by atoms with Crippen molar-refractivity contribution in [2.45, 2.75) is 38.1 Å². The molecule has 5 aromatic rings. The Morgan fingerprint density at radius 1 is 0.844 bits per heavy atom. The number of aromatic nitrogens is 2. The molecule has 1 amide bonds. The highest BCUT2D eigenvalue weighted by Gasteiger charge is 2.32. The number of rotatable bonds is 11. The van der Waals surface area contributed by atoms with E-state index in [4.69, 9.17) is 9.47 Å². The van der Waals surface area contributed by atoms with Gasteiger partial charge in [-0.05, 0) is 52.1 Å². The number of carbonyl (C=O) groups is 1. The van der Waals surface area contributed by atoms with Crippen LogP contribution in [0.4, 0.5) is 0 Å². The Morgan fingerprint density at radius 2 is 1.62 bits per heavy atom. The van der Waals surface area contributed by atoms with Gasteiger partial charge in [0, 0.05) is 30.0 Å². The number of thioether (sulfide) groups is 1. The van der Waals surface area contributed by atoms with Gasteiger partial charge in [0.2, 0.25) is 0 Å². The summed E-state index contributed by atoms with van der Waals surface area (Å²) in [5.74, 6) is 1.13. The number of hydrogen-bond acceptors (Lipinski definition) is 8. The molecule has 1 aromatic heterocycles. The summed E-state index contributed by atoms with van der Waals surface area (Å²) >= 11 is 1.67. The summed E-state index contributed by atoms with van der Waals surface area (Å²) in [5.41, 5.74) is 7.49.